The first-order valence-electron chi connectivity index (χ1n) is 10.2. The Bertz CT molecular complexity index is 1040. The van der Waals surface area contributed by atoms with Gasteiger partial charge in [0.2, 0.25) is 0 Å². The van der Waals surface area contributed by atoms with Crippen LogP contribution in [-0.4, -0.2) is 7.63 Å². The van der Waals surface area contributed by atoms with E-state index in [1.807, 2.05) is 0 Å². The maximum atomic E-state index is 2.64. The summed E-state index contributed by atoms with van der Waals surface area (Å²) in [6, 6.07) is 21.8. The number of benzene rings is 2. The van der Waals surface area contributed by atoms with E-state index in [2.05, 4.69) is 105 Å². The molecule has 0 saturated carbocycles. The van der Waals surface area contributed by atoms with Crippen LogP contribution in [0.3, 0.4) is 0 Å². The molecule has 0 radical (unpaired) electrons. The molecule has 0 heterocycles. The maximum Gasteiger partial charge on any atom is -0.147 e. The fourth-order valence-corrected chi connectivity index (χ4v) is 15.6. The van der Waals surface area contributed by atoms with E-state index in [1.165, 1.54) is 33.4 Å². The Balaban J connectivity index is 0.00000160. The minimum absolute atomic E-state index is 0. The van der Waals surface area contributed by atoms with Crippen molar-refractivity contribution in [1.82, 2.24) is 0 Å². The summed E-state index contributed by atoms with van der Waals surface area (Å²) < 4.78 is 3.51. The zero-order valence-corrected chi connectivity index (χ0v) is 23.0. The monoisotopic (exact) mass is 490 g/mol. The van der Waals surface area contributed by atoms with Crippen molar-refractivity contribution in [3.8, 4) is 0 Å². The van der Waals surface area contributed by atoms with Gasteiger partial charge in [-0.2, -0.15) is 0 Å². The van der Waals surface area contributed by atoms with Crippen molar-refractivity contribution in [2.45, 2.75) is 37.1 Å². The van der Waals surface area contributed by atoms with E-state index in [0.29, 0.717) is 0 Å². The minimum atomic E-state index is -2.95. The number of hydrogen-bond acceptors (Lipinski definition) is 0. The molecular weight excluding hydrogens is 459 g/mol. The zero-order valence-electron chi connectivity index (χ0n) is 18.4. The first-order valence-corrected chi connectivity index (χ1v) is 18.9. The summed E-state index contributed by atoms with van der Waals surface area (Å²) >= 11 is -2.95. The molecule has 2 aliphatic rings. The van der Waals surface area contributed by atoms with Gasteiger partial charge in [-0.1, -0.05) is 0 Å². The molecule has 2 aliphatic carbocycles. The predicted molar refractivity (Wildman–Crippen MR) is 138 cm³/mol. The van der Waals surface area contributed by atoms with E-state index in [0.717, 1.165) is 12.8 Å². The van der Waals surface area contributed by atoms with Gasteiger partial charge in [-0.25, -0.2) is 0 Å². The van der Waals surface area contributed by atoms with Gasteiger partial charge in [-0.05, 0) is 0 Å². The quantitative estimate of drug-likeness (QED) is 0.385. The topological polar surface area (TPSA) is 0 Å². The summed E-state index contributed by atoms with van der Waals surface area (Å²) in [5, 5.41) is 5.27. The van der Waals surface area contributed by atoms with Gasteiger partial charge in [0.25, 0.3) is 0 Å². The smallest absolute Gasteiger partial charge is 0.147 e. The van der Waals surface area contributed by atoms with Crippen molar-refractivity contribution in [1.29, 1.82) is 0 Å². The molecule has 0 aromatic heterocycles. The predicted octanol–water partition coefficient (Wildman–Crippen LogP) is 7.69. The number of allylic oxidation sites excluding steroid dienone is 8. The molecule has 2 aromatic carbocycles. The third-order valence-corrected chi connectivity index (χ3v) is 18.0. The van der Waals surface area contributed by atoms with Crippen LogP contribution in [0.5, 0.6) is 0 Å². The summed E-state index contributed by atoms with van der Waals surface area (Å²) in [7, 11) is 2.36. The van der Waals surface area contributed by atoms with Gasteiger partial charge in [0.05, 0.1) is 0 Å². The fraction of sp³-hybridized carbons (Fsp3) is 0.231. The van der Waals surface area contributed by atoms with Crippen LogP contribution in [0, 0.1) is 0 Å². The number of hydrogen-bond donors (Lipinski definition) is 0. The molecule has 0 amide bonds. The van der Waals surface area contributed by atoms with Crippen molar-refractivity contribution in [3.05, 3.63) is 103 Å². The zero-order chi connectivity index (χ0) is 20.0. The van der Waals surface area contributed by atoms with Gasteiger partial charge in [-0.15, -0.1) is 24.8 Å². The third kappa shape index (κ3) is 4.57. The molecule has 0 fully saturated rings. The Morgan fingerprint density at radius 1 is 0.633 bits per heavy atom. The van der Waals surface area contributed by atoms with Crippen LogP contribution in [0.25, 0.3) is 11.1 Å². The van der Waals surface area contributed by atoms with Crippen LogP contribution < -0.4 is 0 Å². The molecule has 0 aliphatic heterocycles. The molecule has 30 heavy (non-hydrogen) atoms. The summed E-state index contributed by atoms with van der Waals surface area (Å²) in [6.07, 6.45) is 7.15. The van der Waals surface area contributed by atoms with Crippen LogP contribution in [0.2, 0.25) is 10.5 Å². The summed E-state index contributed by atoms with van der Waals surface area (Å²) in [5.41, 5.74) is 8.78. The second-order valence-electron chi connectivity index (χ2n) is 9.43. The summed E-state index contributed by atoms with van der Waals surface area (Å²) in [4.78, 5) is 0. The van der Waals surface area contributed by atoms with Gasteiger partial charge >= 0.3 is 173 Å². The maximum absolute atomic E-state index is 2.95. The van der Waals surface area contributed by atoms with Crippen molar-refractivity contribution in [2.75, 3.05) is 0 Å². The molecule has 0 bridgehead atoms. The molecule has 0 saturated heterocycles. The number of halogens is 2. The van der Waals surface area contributed by atoms with Gasteiger partial charge in [0, 0.05) is 0 Å². The second kappa shape index (κ2) is 9.19. The van der Waals surface area contributed by atoms with Crippen LogP contribution in [0.15, 0.2) is 91.7 Å². The second-order valence-corrected chi connectivity index (χ2v) is 28.5. The van der Waals surface area contributed by atoms with Crippen molar-refractivity contribution in [3.63, 3.8) is 0 Å². The van der Waals surface area contributed by atoms with Gasteiger partial charge in [0.15, 0.2) is 0 Å². The van der Waals surface area contributed by atoms with E-state index in [-0.39, 0.29) is 24.8 Å². The molecule has 0 unspecified atom stereocenters. The first-order chi connectivity index (χ1) is 13.2. The van der Waals surface area contributed by atoms with Crippen molar-refractivity contribution in [2.24, 2.45) is 0 Å². The summed E-state index contributed by atoms with van der Waals surface area (Å²) in [6.45, 7) is 4.68. The van der Waals surface area contributed by atoms with Crippen LogP contribution in [0.1, 0.15) is 37.8 Å². The average Bonchev–Trinajstić information content (AvgIpc) is 3.27. The standard InChI is InChI=1S/2C12H11.2CH3.2ClH.H2Si.Ti/c2*1-10-7-8-12(9-10)11-5-3-2-4-6-11;;;;;;/h2*2-6,9H,8H2,1H3;2*1H3;2*1H;1H2;. The number of rotatable bonds is 4. The van der Waals surface area contributed by atoms with E-state index in [1.54, 1.807) is 7.76 Å². The molecule has 0 nitrogen and oxygen atoms in total. The Morgan fingerprint density at radius 3 is 1.30 bits per heavy atom. The molecule has 158 valence electrons. The third-order valence-electron chi connectivity index (χ3n) is 6.69. The fourth-order valence-electron chi connectivity index (χ4n) is 5.15. The Hall–Kier alpha value is -1.09. The largest absolute Gasteiger partial charge is 0.147 e. The van der Waals surface area contributed by atoms with Crippen molar-refractivity contribution < 1.29 is 14.0 Å². The summed E-state index contributed by atoms with van der Waals surface area (Å²) in [5.74, 6) is 0. The van der Waals surface area contributed by atoms with Crippen LogP contribution in [0.4, 0.5) is 0 Å². The Morgan fingerprint density at radius 2 is 0.967 bits per heavy atom. The first kappa shape index (κ1) is 25.2. The Labute approximate surface area is 196 Å². The molecule has 4 rings (SSSR count). The minimum Gasteiger partial charge on any atom is -0.147 e. The van der Waals surface area contributed by atoms with Gasteiger partial charge < -0.3 is 0 Å². The van der Waals surface area contributed by atoms with E-state index in [9.17, 15) is 0 Å². The molecule has 0 atom stereocenters. The molecule has 0 spiro atoms. The van der Waals surface area contributed by atoms with Gasteiger partial charge in [-0.3, -0.25) is 0 Å². The van der Waals surface area contributed by atoms with Gasteiger partial charge in [0.1, 0.15) is 0 Å². The molecule has 0 N–H and O–H groups in total. The van der Waals surface area contributed by atoms with Crippen LogP contribution in [-0.2, 0) is 14.0 Å². The molecular formula is C26H32Cl2SiTi. The normalized spacial score (nSPS) is 16.7. The van der Waals surface area contributed by atoms with E-state index < -0.39 is 14.0 Å². The SMILES string of the molecule is CC1=[C]([Ti]([CH3])([CH3])(=[SiH2])[C]2=C(C)C=C(c3ccccc3)C2)CC(c2ccccc2)=C1.Cl.Cl. The Kier molecular flexibility index (Phi) is 7.71. The van der Waals surface area contributed by atoms with Crippen LogP contribution >= 0.6 is 24.8 Å². The van der Waals surface area contributed by atoms with E-state index in [4.69, 9.17) is 0 Å². The molecule has 4 heteroatoms. The van der Waals surface area contributed by atoms with E-state index >= 15 is 0 Å². The molecule has 2 aromatic rings. The average molecular weight is 491 g/mol. The van der Waals surface area contributed by atoms with Crippen molar-refractivity contribution >= 4 is 43.6 Å².